The van der Waals surface area contributed by atoms with Crippen LogP contribution >= 0.6 is 0 Å². The van der Waals surface area contributed by atoms with E-state index in [1.54, 1.807) is 0 Å². The van der Waals surface area contributed by atoms with Crippen molar-refractivity contribution >= 4 is 0 Å². The van der Waals surface area contributed by atoms with Crippen molar-refractivity contribution in [1.82, 2.24) is 0 Å². The molecule has 0 saturated heterocycles. The topological polar surface area (TPSA) is 49.7 Å². The molecule has 1 N–H and O–H groups in total. The second-order valence-electron chi connectivity index (χ2n) is 9.44. The van der Waals surface area contributed by atoms with Gasteiger partial charge in [-0.2, -0.15) is 4.91 Å². The van der Waals surface area contributed by atoms with Crippen molar-refractivity contribution in [3.8, 4) is 0 Å². The molecule has 4 aliphatic carbocycles. The minimum Gasteiger partial charge on any atom is -0.393 e. The third kappa shape index (κ3) is 2.04. The van der Waals surface area contributed by atoms with E-state index in [0.29, 0.717) is 23.7 Å². The highest BCUT2D eigenvalue weighted by molar-refractivity contribution is 5.23. The van der Waals surface area contributed by atoms with Crippen molar-refractivity contribution in [1.29, 1.82) is 0 Å². The lowest BCUT2D eigenvalue weighted by Gasteiger charge is -2.61. The van der Waals surface area contributed by atoms with Gasteiger partial charge in [0.2, 0.25) is 0 Å². The quantitative estimate of drug-likeness (QED) is 0.563. The summed E-state index contributed by atoms with van der Waals surface area (Å²) in [6, 6.07) is -0.0563. The summed E-state index contributed by atoms with van der Waals surface area (Å²) in [5.41, 5.74) is 1.70. The predicted octanol–water partition coefficient (Wildman–Crippen LogP) is 4.69. The summed E-state index contributed by atoms with van der Waals surface area (Å²) in [7, 11) is 0. The van der Waals surface area contributed by atoms with Gasteiger partial charge in [0.05, 0.1) is 12.1 Å². The maximum absolute atomic E-state index is 11.8. The van der Waals surface area contributed by atoms with Crippen LogP contribution in [0.3, 0.4) is 0 Å². The van der Waals surface area contributed by atoms with Gasteiger partial charge in [-0.05, 0) is 85.9 Å². The molecule has 0 heterocycles. The van der Waals surface area contributed by atoms with Gasteiger partial charge in [0.25, 0.3) is 0 Å². The first kappa shape index (κ1) is 15.8. The molecule has 128 valence electrons. The van der Waals surface area contributed by atoms with Gasteiger partial charge in [-0.15, -0.1) is 0 Å². The highest BCUT2D eigenvalue weighted by Crippen LogP contribution is 2.67. The lowest BCUT2D eigenvalue weighted by atomic mass is 9.44. The molecular formula is C20H31NO2. The molecule has 23 heavy (non-hydrogen) atoms. The Hall–Kier alpha value is -0.700. The molecule has 4 rings (SSSR count). The Morgan fingerprint density at radius 2 is 2.00 bits per heavy atom. The molecule has 0 aromatic rings. The number of nitroso groups, excluding NO2 is 1. The number of aliphatic hydroxyl groups is 1. The zero-order valence-corrected chi connectivity index (χ0v) is 14.6. The fourth-order valence-electron chi connectivity index (χ4n) is 7.36. The summed E-state index contributed by atoms with van der Waals surface area (Å²) in [5, 5.41) is 13.8. The van der Waals surface area contributed by atoms with E-state index in [0.717, 1.165) is 32.1 Å². The number of hydrogen-bond acceptors (Lipinski definition) is 3. The summed E-state index contributed by atoms with van der Waals surface area (Å²) in [5.74, 6) is 2.33. The zero-order valence-electron chi connectivity index (χ0n) is 14.6. The molecule has 0 amide bonds. The van der Waals surface area contributed by atoms with Crippen molar-refractivity contribution < 1.29 is 5.11 Å². The number of aliphatic hydroxyl groups excluding tert-OH is 1. The van der Waals surface area contributed by atoms with E-state index in [1.807, 2.05) is 0 Å². The van der Waals surface area contributed by atoms with Gasteiger partial charge in [-0.1, -0.05) is 31.2 Å². The molecule has 3 heteroatoms. The summed E-state index contributed by atoms with van der Waals surface area (Å²) in [4.78, 5) is 11.8. The van der Waals surface area contributed by atoms with Crippen molar-refractivity contribution in [2.24, 2.45) is 39.7 Å². The fourth-order valence-corrected chi connectivity index (χ4v) is 7.36. The van der Waals surface area contributed by atoms with Crippen LogP contribution in [0, 0.1) is 39.4 Å². The van der Waals surface area contributed by atoms with Crippen molar-refractivity contribution in [3.63, 3.8) is 0 Å². The molecule has 0 aliphatic heterocycles. The molecule has 4 aliphatic rings. The van der Waals surface area contributed by atoms with E-state index in [4.69, 9.17) is 0 Å². The smallest absolute Gasteiger partial charge is 0.0964 e. The number of rotatable bonds is 1. The van der Waals surface area contributed by atoms with Gasteiger partial charge in [-0.3, -0.25) is 0 Å². The van der Waals surface area contributed by atoms with Crippen LogP contribution in [0.4, 0.5) is 0 Å². The Kier molecular flexibility index (Phi) is 3.54. The standard InChI is InChI=1S/C20H31NO2/c1-12-4-7-16-15-6-5-13-10-14(22)8-9-19(13,2)18(15)17(21-23)11-20(12,16)3/h13-18,22H,1,4-11H2,2-3H3/t13?,14?,15-,16-,17?,18-,19-,20+/m0/s1. The largest absolute Gasteiger partial charge is 0.393 e. The summed E-state index contributed by atoms with van der Waals surface area (Å²) in [6.07, 6.45) is 8.50. The molecule has 0 spiro atoms. The molecule has 3 unspecified atom stereocenters. The van der Waals surface area contributed by atoms with Crippen LogP contribution in [0.25, 0.3) is 0 Å². The molecule has 0 radical (unpaired) electrons. The van der Waals surface area contributed by atoms with Gasteiger partial charge >= 0.3 is 0 Å². The van der Waals surface area contributed by atoms with Crippen LogP contribution in [0.2, 0.25) is 0 Å². The Labute approximate surface area is 139 Å². The van der Waals surface area contributed by atoms with Gasteiger partial charge < -0.3 is 5.11 Å². The lowest BCUT2D eigenvalue weighted by molar-refractivity contribution is -0.124. The van der Waals surface area contributed by atoms with E-state index in [9.17, 15) is 10.0 Å². The Morgan fingerprint density at radius 1 is 1.22 bits per heavy atom. The minimum absolute atomic E-state index is 0.0563. The van der Waals surface area contributed by atoms with Crippen LogP contribution in [0.5, 0.6) is 0 Å². The first-order valence-corrected chi connectivity index (χ1v) is 9.59. The highest BCUT2D eigenvalue weighted by Gasteiger charge is 2.62. The highest BCUT2D eigenvalue weighted by atomic mass is 16.3. The molecule has 3 nitrogen and oxygen atoms in total. The Balaban J connectivity index is 1.72. The predicted molar refractivity (Wildman–Crippen MR) is 91.8 cm³/mol. The first-order chi connectivity index (χ1) is 10.9. The number of fused-ring (bicyclic) bond motifs is 5. The molecule has 0 aromatic carbocycles. The maximum Gasteiger partial charge on any atom is 0.0964 e. The van der Waals surface area contributed by atoms with Crippen LogP contribution < -0.4 is 0 Å². The van der Waals surface area contributed by atoms with E-state index >= 15 is 0 Å². The van der Waals surface area contributed by atoms with Crippen LogP contribution in [0.15, 0.2) is 17.3 Å². The van der Waals surface area contributed by atoms with Gasteiger partial charge in [0, 0.05) is 0 Å². The third-order valence-electron chi connectivity index (χ3n) is 8.66. The van der Waals surface area contributed by atoms with Crippen LogP contribution in [-0.2, 0) is 0 Å². The Bertz CT molecular complexity index is 532. The second kappa shape index (κ2) is 5.15. The normalized spacial score (nSPS) is 55.7. The monoisotopic (exact) mass is 317 g/mol. The van der Waals surface area contributed by atoms with Gasteiger partial charge in [-0.25, -0.2) is 0 Å². The van der Waals surface area contributed by atoms with Crippen LogP contribution in [-0.4, -0.2) is 17.3 Å². The number of nitrogens with zero attached hydrogens (tertiary/aromatic N) is 1. The molecule has 8 atom stereocenters. The summed E-state index contributed by atoms with van der Waals surface area (Å²) < 4.78 is 0. The number of allylic oxidation sites excluding steroid dienone is 1. The third-order valence-corrected chi connectivity index (χ3v) is 8.66. The van der Waals surface area contributed by atoms with E-state index in [-0.39, 0.29) is 23.0 Å². The zero-order chi connectivity index (χ0) is 16.4. The summed E-state index contributed by atoms with van der Waals surface area (Å²) >= 11 is 0. The molecular weight excluding hydrogens is 286 g/mol. The van der Waals surface area contributed by atoms with E-state index in [2.05, 4.69) is 25.6 Å². The first-order valence-electron chi connectivity index (χ1n) is 9.59. The molecule has 4 saturated carbocycles. The van der Waals surface area contributed by atoms with Crippen molar-refractivity contribution in [2.45, 2.75) is 77.4 Å². The van der Waals surface area contributed by atoms with E-state index < -0.39 is 0 Å². The fraction of sp³-hybridized carbons (Fsp3) is 0.900. The minimum atomic E-state index is -0.132. The van der Waals surface area contributed by atoms with E-state index in [1.165, 1.54) is 24.8 Å². The van der Waals surface area contributed by atoms with Crippen molar-refractivity contribution in [2.75, 3.05) is 0 Å². The van der Waals surface area contributed by atoms with Gasteiger partial charge in [0.1, 0.15) is 0 Å². The maximum atomic E-state index is 11.8. The summed E-state index contributed by atoms with van der Waals surface area (Å²) in [6.45, 7) is 9.10. The SMILES string of the molecule is C=C1CC[C@H]2[C@@H]3CCC4CC(O)CC[C@]4(C)[C@@H]3C(N=O)C[C@]12C. The van der Waals surface area contributed by atoms with Crippen molar-refractivity contribution in [3.05, 3.63) is 17.1 Å². The van der Waals surface area contributed by atoms with Gasteiger partial charge in [0.15, 0.2) is 0 Å². The lowest BCUT2D eigenvalue weighted by Crippen LogP contribution is -2.58. The average molecular weight is 317 g/mol. The second-order valence-corrected chi connectivity index (χ2v) is 9.44. The average Bonchev–Trinajstić information content (AvgIpc) is 2.82. The molecule has 0 aromatic heterocycles. The van der Waals surface area contributed by atoms with Crippen LogP contribution in [0.1, 0.15) is 65.2 Å². The Morgan fingerprint density at radius 3 is 2.74 bits per heavy atom. The molecule has 4 fully saturated rings. The molecule has 0 bridgehead atoms. The number of hydrogen-bond donors (Lipinski definition) is 1.